The fourth-order valence-corrected chi connectivity index (χ4v) is 1.78. The van der Waals surface area contributed by atoms with Crippen molar-refractivity contribution in [3.05, 3.63) is 59.4 Å². The molecule has 0 saturated heterocycles. The second-order valence-corrected chi connectivity index (χ2v) is 4.39. The summed E-state index contributed by atoms with van der Waals surface area (Å²) in [4.78, 5) is 11.9. The fourth-order valence-electron chi connectivity index (χ4n) is 1.78. The van der Waals surface area contributed by atoms with Crippen molar-refractivity contribution in [1.82, 2.24) is 0 Å². The number of ether oxygens (including phenoxy) is 2. The number of esters is 1. The molecule has 21 heavy (non-hydrogen) atoms. The van der Waals surface area contributed by atoms with Gasteiger partial charge in [-0.2, -0.15) is 0 Å². The maximum Gasteiger partial charge on any atom is 0.341 e. The van der Waals surface area contributed by atoms with E-state index in [2.05, 4.69) is 0 Å². The number of carbonyl (C=O) groups excluding carboxylic acids is 1. The van der Waals surface area contributed by atoms with Gasteiger partial charge >= 0.3 is 5.97 Å². The van der Waals surface area contributed by atoms with Gasteiger partial charge in [-0.05, 0) is 42.8 Å². The van der Waals surface area contributed by atoms with Gasteiger partial charge in [0.1, 0.15) is 23.7 Å². The third-order valence-electron chi connectivity index (χ3n) is 2.81. The van der Waals surface area contributed by atoms with Crippen LogP contribution in [-0.4, -0.2) is 12.6 Å². The number of rotatable bonds is 5. The number of hydrogen-bond donors (Lipinski definition) is 1. The number of carbonyl (C=O) groups is 1. The Morgan fingerprint density at radius 3 is 2.57 bits per heavy atom. The van der Waals surface area contributed by atoms with Crippen LogP contribution in [0.5, 0.6) is 5.75 Å². The van der Waals surface area contributed by atoms with Crippen LogP contribution in [0.15, 0.2) is 42.5 Å². The Labute approximate surface area is 122 Å². The van der Waals surface area contributed by atoms with Gasteiger partial charge in [0.2, 0.25) is 0 Å². The minimum atomic E-state index is -0.487. The summed E-state index contributed by atoms with van der Waals surface area (Å²) in [5, 5.41) is 0. The van der Waals surface area contributed by atoms with Gasteiger partial charge in [0, 0.05) is 5.69 Å². The van der Waals surface area contributed by atoms with Crippen LogP contribution in [0.3, 0.4) is 0 Å². The zero-order valence-corrected chi connectivity index (χ0v) is 11.6. The number of anilines is 1. The van der Waals surface area contributed by atoms with Crippen molar-refractivity contribution in [1.29, 1.82) is 0 Å². The summed E-state index contributed by atoms with van der Waals surface area (Å²) in [5.41, 5.74) is 7.20. The normalized spacial score (nSPS) is 10.2. The third-order valence-corrected chi connectivity index (χ3v) is 2.81. The largest absolute Gasteiger partial charge is 0.488 e. The summed E-state index contributed by atoms with van der Waals surface area (Å²) in [6.07, 6.45) is 0. The van der Waals surface area contributed by atoms with Gasteiger partial charge in [-0.25, -0.2) is 9.18 Å². The average molecular weight is 289 g/mol. The minimum Gasteiger partial charge on any atom is -0.488 e. The van der Waals surface area contributed by atoms with Crippen molar-refractivity contribution in [3.63, 3.8) is 0 Å². The summed E-state index contributed by atoms with van der Waals surface area (Å²) in [6, 6.07) is 10.7. The van der Waals surface area contributed by atoms with E-state index >= 15 is 0 Å². The highest BCUT2D eigenvalue weighted by molar-refractivity contribution is 5.93. The summed E-state index contributed by atoms with van der Waals surface area (Å²) >= 11 is 0. The Kier molecular flexibility index (Phi) is 4.77. The molecule has 110 valence electrons. The summed E-state index contributed by atoms with van der Waals surface area (Å²) in [5.74, 6) is -0.413. The molecule has 0 atom stereocenters. The van der Waals surface area contributed by atoms with Crippen molar-refractivity contribution in [2.24, 2.45) is 0 Å². The van der Waals surface area contributed by atoms with Gasteiger partial charge in [-0.3, -0.25) is 0 Å². The molecule has 5 heteroatoms. The van der Waals surface area contributed by atoms with E-state index < -0.39 is 5.97 Å². The van der Waals surface area contributed by atoms with E-state index in [0.29, 0.717) is 11.4 Å². The first-order valence-corrected chi connectivity index (χ1v) is 6.54. The summed E-state index contributed by atoms with van der Waals surface area (Å²) < 4.78 is 23.4. The van der Waals surface area contributed by atoms with Crippen LogP contribution in [0.4, 0.5) is 10.1 Å². The lowest BCUT2D eigenvalue weighted by Gasteiger charge is -2.11. The molecule has 0 aromatic heterocycles. The van der Waals surface area contributed by atoms with E-state index in [1.807, 2.05) is 0 Å². The van der Waals surface area contributed by atoms with Crippen LogP contribution in [0, 0.1) is 5.82 Å². The monoisotopic (exact) mass is 289 g/mol. The highest BCUT2D eigenvalue weighted by Crippen LogP contribution is 2.23. The predicted molar refractivity (Wildman–Crippen MR) is 77.5 cm³/mol. The molecule has 0 saturated carbocycles. The fraction of sp³-hybridized carbons (Fsp3) is 0.188. The summed E-state index contributed by atoms with van der Waals surface area (Å²) in [7, 11) is 0. The van der Waals surface area contributed by atoms with E-state index in [0.717, 1.165) is 5.56 Å². The molecule has 4 nitrogen and oxygen atoms in total. The molecule has 2 aromatic carbocycles. The van der Waals surface area contributed by atoms with Crippen LogP contribution in [-0.2, 0) is 11.3 Å². The SMILES string of the molecule is CCOC(=O)c1cc(N)ccc1OCc1ccc(F)cc1. The predicted octanol–water partition coefficient (Wildman–Crippen LogP) is 3.16. The molecular formula is C16H16FNO3. The van der Waals surface area contributed by atoms with Gasteiger partial charge in [-0.1, -0.05) is 12.1 Å². The molecule has 0 heterocycles. The van der Waals surface area contributed by atoms with Gasteiger partial charge in [0.15, 0.2) is 0 Å². The van der Waals surface area contributed by atoms with Crippen molar-refractivity contribution >= 4 is 11.7 Å². The van der Waals surface area contributed by atoms with Crippen LogP contribution >= 0.6 is 0 Å². The molecule has 0 aliphatic carbocycles. The molecule has 2 N–H and O–H groups in total. The Balaban J connectivity index is 2.15. The Hall–Kier alpha value is -2.56. The molecule has 2 aromatic rings. The number of nitrogens with two attached hydrogens (primary N) is 1. The number of nitrogen functional groups attached to an aromatic ring is 1. The van der Waals surface area contributed by atoms with Gasteiger partial charge in [-0.15, -0.1) is 0 Å². The van der Waals surface area contributed by atoms with E-state index in [1.165, 1.54) is 18.2 Å². The molecule has 0 spiro atoms. The molecule has 0 radical (unpaired) electrons. The molecule has 0 bridgehead atoms. The van der Waals surface area contributed by atoms with Crippen LogP contribution in [0.25, 0.3) is 0 Å². The molecule has 0 fully saturated rings. The molecule has 0 amide bonds. The second-order valence-electron chi connectivity index (χ2n) is 4.39. The van der Waals surface area contributed by atoms with Crippen molar-refractivity contribution in [3.8, 4) is 5.75 Å². The molecular weight excluding hydrogens is 273 g/mol. The Bertz CT molecular complexity index is 626. The van der Waals surface area contributed by atoms with E-state index in [1.54, 1.807) is 31.2 Å². The molecule has 0 unspecified atom stereocenters. The average Bonchev–Trinajstić information content (AvgIpc) is 2.48. The quantitative estimate of drug-likeness (QED) is 0.678. The minimum absolute atomic E-state index is 0.219. The maximum atomic E-state index is 12.8. The molecule has 0 aliphatic heterocycles. The standard InChI is InChI=1S/C16H16FNO3/c1-2-20-16(19)14-9-13(18)7-8-15(14)21-10-11-3-5-12(17)6-4-11/h3-9H,2,10,18H2,1H3. The van der Waals surface area contributed by atoms with Crippen LogP contribution < -0.4 is 10.5 Å². The smallest absolute Gasteiger partial charge is 0.341 e. The van der Waals surface area contributed by atoms with Crippen LogP contribution in [0.1, 0.15) is 22.8 Å². The first-order chi connectivity index (χ1) is 10.1. The number of hydrogen-bond acceptors (Lipinski definition) is 4. The van der Waals surface area contributed by atoms with E-state index in [9.17, 15) is 9.18 Å². The Morgan fingerprint density at radius 2 is 1.90 bits per heavy atom. The zero-order valence-electron chi connectivity index (χ0n) is 11.6. The van der Waals surface area contributed by atoms with Gasteiger partial charge in [0.25, 0.3) is 0 Å². The first kappa shape index (κ1) is 14.8. The Morgan fingerprint density at radius 1 is 1.19 bits per heavy atom. The maximum absolute atomic E-state index is 12.8. The number of halogens is 1. The van der Waals surface area contributed by atoms with Crippen molar-refractivity contribution in [2.45, 2.75) is 13.5 Å². The third kappa shape index (κ3) is 3.95. The first-order valence-electron chi connectivity index (χ1n) is 6.54. The van der Waals surface area contributed by atoms with E-state index in [4.69, 9.17) is 15.2 Å². The van der Waals surface area contributed by atoms with Gasteiger partial charge < -0.3 is 15.2 Å². The lowest BCUT2D eigenvalue weighted by atomic mass is 10.1. The highest BCUT2D eigenvalue weighted by atomic mass is 19.1. The molecule has 2 rings (SSSR count). The lowest BCUT2D eigenvalue weighted by Crippen LogP contribution is -2.08. The van der Waals surface area contributed by atoms with Crippen molar-refractivity contribution < 1.29 is 18.7 Å². The van der Waals surface area contributed by atoms with E-state index in [-0.39, 0.29) is 24.6 Å². The van der Waals surface area contributed by atoms with Crippen molar-refractivity contribution in [2.75, 3.05) is 12.3 Å². The summed E-state index contributed by atoms with van der Waals surface area (Å²) in [6.45, 7) is 2.21. The topological polar surface area (TPSA) is 61.5 Å². The number of benzene rings is 2. The second kappa shape index (κ2) is 6.74. The molecule has 0 aliphatic rings. The zero-order chi connectivity index (χ0) is 15.2. The lowest BCUT2D eigenvalue weighted by molar-refractivity contribution is 0.0521. The highest BCUT2D eigenvalue weighted by Gasteiger charge is 2.14. The van der Waals surface area contributed by atoms with Gasteiger partial charge in [0.05, 0.1) is 6.61 Å². The van der Waals surface area contributed by atoms with Crippen LogP contribution in [0.2, 0.25) is 0 Å².